The number of benzene rings is 1. The number of hydrazine groups is 1. The Morgan fingerprint density at radius 1 is 1.40 bits per heavy atom. The van der Waals surface area contributed by atoms with Gasteiger partial charge in [0.1, 0.15) is 6.61 Å². The van der Waals surface area contributed by atoms with Crippen LogP contribution in [-0.4, -0.2) is 19.1 Å². The summed E-state index contributed by atoms with van der Waals surface area (Å²) < 4.78 is 5.03. The fourth-order valence-electron chi connectivity index (χ4n) is 1.01. The first-order valence-electron chi connectivity index (χ1n) is 4.61. The van der Waals surface area contributed by atoms with Crippen molar-refractivity contribution in [1.82, 2.24) is 5.43 Å². The van der Waals surface area contributed by atoms with Gasteiger partial charge in [-0.05, 0) is 5.56 Å². The second kappa shape index (κ2) is 6.75. The van der Waals surface area contributed by atoms with Crippen LogP contribution in [0, 0.1) is 0 Å². The highest BCUT2D eigenvalue weighted by atomic mass is 16.5. The third kappa shape index (κ3) is 4.95. The van der Waals surface area contributed by atoms with E-state index in [4.69, 9.17) is 10.6 Å². The van der Waals surface area contributed by atoms with E-state index in [1.807, 2.05) is 47.9 Å². The molecule has 0 aromatic heterocycles. The highest BCUT2D eigenvalue weighted by molar-refractivity contribution is 5.76. The molecule has 0 aliphatic carbocycles. The van der Waals surface area contributed by atoms with Gasteiger partial charge in [-0.1, -0.05) is 42.5 Å². The van der Waals surface area contributed by atoms with Crippen LogP contribution in [0.3, 0.4) is 0 Å². The average molecular weight is 206 g/mol. The Morgan fingerprint density at radius 3 is 2.80 bits per heavy atom. The molecule has 4 nitrogen and oxygen atoms in total. The standard InChI is InChI=1S/C11H14N2O2/c12-13-11(14)9-15-8-4-7-10-5-2-1-3-6-10/h1-7H,8-9,12H2,(H,13,14). The third-order valence-electron chi connectivity index (χ3n) is 1.72. The van der Waals surface area contributed by atoms with Gasteiger partial charge < -0.3 is 4.74 Å². The topological polar surface area (TPSA) is 64.3 Å². The van der Waals surface area contributed by atoms with E-state index in [0.717, 1.165) is 5.56 Å². The Labute approximate surface area is 88.7 Å². The number of nitrogens with one attached hydrogen (secondary N) is 1. The Morgan fingerprint density at radius 2 is 2.13 bits per heavy atom. The molecule has 1 amide bonds. The summed E-state index contributed by atoms with van der Waals surface area (Å²) in [4.78, 5) is 10.7. The molecule has 0 saturated heterocycles. The van der Waals surface area contributed by atoms with Crippen LogP contribution in [0.2, 0.25) is 0 Å². The van der Waals surface area contributed by atoms with E-state index in [1.165, 1.54) is 0 Å². The maximum Gasteiger partial charge on any atom is 0.259 e. The number of hydrogen-bond donors (Lipinski definition) is 2. The molecular formula is C11H14N2O2. The van der Waals surface area contributed by atoms with E-state index in [1.54, 1.807) is 0 Å². The van der Waals surface area contributed by atoms with Gasteiger partial charge in [-0.2, -0.15) is 0 Å². The molecule has 1 aromatic rings. The monoisotopic (exact) mass is 206 g/mol. The molecule has 0 aliphatic rings. The molecule has 0 aliphatic heterocycles. The lowest BCUT2D eigenvalue weighted by atomic mass is 10.2. The van der Waals surface area contributed by atoms with E-state index in [-0.39, 0.29) is 12.5 Å². The molecule has 1 aromatic carbocycles. The molecule has 0 spiro atoms. The second-order valence-corrected chi connectivity index (χ2v) is 2.90. The second-order valence-electron chi connectivity index (χ2n) is 2.90. The minimum Gasteiger partial charge on any atom is -0.368 e. The Balaban J connectivity index is 2.20. The van der Waals surface area contributed by atoms with Gasteiger partial charge in [0.05, 0.1) is 6.61 Å². The van der Waals surface area contributed by atoms with Crippen LogP contribution in [0.15, 0.2) is 36.4 Å². The number of hydrogen-bond acceptors (Lipinski definition) is 3. The minimum absolute atomic E-state index is 0.0182. The molecule has 0 saturated carbocycles. The van der Waals surface area contributed by atoms with Crippen molar-refractivity contribution in [3.8, 4) is 0 Å². The number of amides is 1. The molecule has 0 fully saturated rings. The van der Waals surface area contributed by atoms with Gasteiger partial charge in [-0.25, -0.2) is 5.84 Å². The number of carbonyl (C=O) groups excluding carboxylic acids is 1. The number of ether oxygens (including phenoxy) is 1. The van der Waals surface area contributed by atoms with Crippen LogP contribution in [-0.2, 0) is 9.53 Å². The van der Waals surface area contributed by atoms with Gasteiger partial charge in [0.25, 0.3) is 5.91 Å². The zero-order valence-electron chi connectivity index (χ0n) is 8.35. The average Bonchev–Trinajstić information content (AvgIpc) is 2.29. The van der Waals surface area contributed by atoms with Crippen molar-refractivity contribution in [3.63, 3.8) is 0 Å². The van der Waals surface area contributed by atoms with Crippen LogP contribution in [0.25, 0.3) is 6.08 Å². The van der Waals surface area contributed by atoms with Crippen molar-refractivity contribution in [3.05, 3.63) is 42.0 Å². The van der Waals surface area contributed by atoms with Gasteiger partial charge in [-0.15, -0.1) is 0 Å². The Kier molecular flexibility index (Phi) is 5.14. The predicted octanol–water partition coefficient (Wildman–Crippen LogP) is 0.706. The van der Waals surface area contributed by atoms with Crippen LogP contribution >= 0.6 is 0 Å². The highest BCUT2D eigenvalue weighted by Crippen LogP contribution is 2.00. The van der Waals surface area contributed by atoms with Gasteiger partial charge >= 0.3 is 0 Å². The van der Waals surface area contributed by atoms with Gasteiger partial charge in [-0.3, -0.25) is 10.2 Å². The normalized spacial score (nSPS) is 10.5. The number of rotatable bonds is 5. The summed E-state index contributed by atoms with van der Waals surface area (Å²) >= 11 is 0. The summed E-state index contributed by atoms with van der Waals surface area (Å²) in [5.41, 5.74) is 3.09. The lowest BCUT2D eigenvalue weighted by molar-refractivity contribution is -0.125. The van der Waals surface area contributed by atoms with Crippen molar-refractivity contribution in [1.29, 1.82) is 0 Å². The molecule has 3 N–H and O–H groups in total. The Hall–Kier alpha value is -1.65. The quantitative estimate of drug-likeness (QED) is 0.323. The van der Waals surface area contributed by atoms with Crippen LogP contribution in [0.5, 0.6) is 0 Å². The molecule has 0 heterocycles. The first-order valence-corrected chi connectivity index (χ1v) is 4.61. The van der Waals surface area contributed by atoms with E-state index in [9.17, 15) is 4.79 Å². The maximum atomic E-state index is 10.7. The fraction of sp³-hybridized carbons (Fsp3) is 0.182. The van der Waals surface area contributed by atoms with E-state index >= 15 is 0 Å². The lowest BCUT2D eigenvalue weighted by Gasteiger charge is -1.98. The summed E-state index contributed by atoms with van der Waals surface area (Å²) in [6.45, 7) is 0.373. The molecule has 80 valence electrons. The Bertz CT molecular complexity index is 323. The van der Waals surface area contributed by atoms with E-state index in [2.05, 4.69) is 0 Å². The van der Waals surface area contributed by atoms with Crippen LogP contribution in [0.1, 0.15) is 5.56 Å². The number of nitrogens with two attached hydrogens (primary N) is 1. The molecule has 4 heteroatoms. The van der Waals surface area contributed by atoms with E-state index in [0.29, 0.717) is 6.61 Å². The van der Waals surface area contributed by atoms with Crippen molar-refractivity contribution in [2.24, 2.45) is 5.84 Å². The predicted molar refractivity (Wildman–Crippen MR) is 58.6 cm³/mol. The third-order valence-corrected chi connectivity index (χ3v) is 1.72. The van der Waals surface area contributed by atoms with Crippen molar-refractivity contribution in [2.75, 3.05) is 13.2 Å². The SMILES string of the molecule is NNC(=O)COCC=Cc1ccccc1. The van der Waals surface area contributed by atoms with Gasteiger partial charge in [0.2, 0.25) is 0 Å². The minimum atomic E-state index is -0.330. The first-order chi connectivity index (χ1) is 7.33. The summed E-state index contributed by atoms with van der Waals surface area (Å²) in [6.07, 6.45) is 3.78. The molecule has 0 radical (unpaired) electrons. The van der Waals surface area contributed by atoms with Gasteiger partial charge in [0.15, 0.2) is 0 Å². The van der Waals surface area contributed by atoms with E-state index < -0.39 is 0 Å². The molecule has 15 heavy (non-hydrogen) atoms. The fourth-order valence-corrected chi connectivity index (χ4v) is 1.01. The smallest absolute Gasteiger partial charge is 0.259 e. The summed E-state index contributed by atoms with van der Waals surface area (Å²) in [6, 6.07) is 9.86. The van der Waals surface area contributed by atoms with Gasteiger partial charge in [0, 0.05) is 0 Å². The van der Waals surface area contributed by atoms with Crippen molar-refractivity contribution >= 4 is 12.0 Å². The van der Waals surface area contributed by atoms with Crippen molar-refractivity contribution < 1.29 is 9.53 Å². The molecule has 0 bridgehead atoms. The number of carbonyl (C=O) groups is 1. The first kappa shape index (κ1) is 11.4. The zero-order valence-corrected chi connectivity index (χ0v) is 8.35. The highest BCUT2D eigenvalue weighted by Gasteiger charge is 1.94. The molecule has 0 unspecified atom stereocenters. The largest absolute Gasteiger partial charge is 0.368 e. The lowest BCUT2D eigenvalue weighted by Crippen LogP contribution is -2.33. The summed E-state index contributed by atoms with van der Waals surface area (Å²) in [5.74, 6) is 4.55. The van der Waals surface area contributed by atoms with Crippen LogP contribution in [0.4, 0.5) is 0 Å². The maximum absolute atomic E-state index is 10.7. The van der Waals surface area contributed by atoms with Crippen molar-refractivity contribution in [2.45, 2.75) is 0 Å². The summed E-state index contributed by atoms with van der Waals surface area (Å²) in [7, 11) is 0. The molecular weight excluding hydrogens is 192 g/mol. The molecule has 0 atom stereocenters. The van der Waals surface area contributed by atoms with Crippen LogP contribution < -0.4 is 11.3 Å². The summed E-state index contributed by atoms with van der Waals surface area (Å²) in [5, 5.41) is 0. The molecule has 1 rings (SSSR count). The zero-order chi connectivity index (χ0) is 10.9.